The molecular weight excluding hydrogens is 196 g/mol. The lowest BCUT2D eigenvalue weighted by Gasteiger charge is -2.17. The number of hydrogen-bond acceptors (Lipinski definition) is 4. The highest BCUT2D eigenvalue weighted by Gasteiger charge is 2.29. The molecule has 0 aromatic carbocycles. The Bertz CT molecular complexity index is 211. The van der Waals surface area contributed by atoms with E-state index in [2.05, 4.69) is 5.32 Å². The summed E-state index contributed by atoms with van der Waals surface area (Å²) in [5.41, 5.74) is 5.51. The molecule has 0 spiro atoms. The second kappa shape index (κ2) is 6.05. The van der Waals surface area contributed by atoms with E-state index in [9.17, 15) is 4.79 Å². The first-order valence-corrected chi connectivity index (χ1v) is 5.28. The maximum absolute atomic E-state index is 11.7. The van der Waals surface area contributed by atoms with E-state index in [0.717, 1.165) is 6.42 Å². The van der Waals surface area contributed by atoms with Gasteiger partial charge in [-0.25, -0.2) is 0 Å². The molecule has 88 valence electrons. The molecule has 0 bridgehead atoms. The van der Waals surface area contributed by atoms with Gasteiger partial charge in [-0.1, -0.05) is 0 Å². The average molecular weight is 216 g/mol. The Balaban J connectivity index is 2.33. The Morgan fingerprint density at radius 3 is 2.93 bits per heavy atom. The fourth-order valence-corrected chi connectivity index (χ4v) is 1.69. The van der Waals surface area contributed by atoms with Crippen molar-refractivity contribution in [2.75, 3.05) is 26.9 Å². The monoisotopic (exact) mass is 216 g/mol. The fourth-order valence-electron chi connectivity index (χ4n) is 1.69. The number of rotatable bonds is 5. The standard InChI is InChI=1S/C10H20N2O3/c1-7-3-8(5-15-7)10(13)12-9(4-11)6-14-2/h7-9H,3-6,11H2,1-2H3,(H,12,13). The fraction of sp³-hybridized carbons (Fsp3) is 0.900. The normalized spacial score (nSPS) is 27.7. The molecule has 1 fully saturated rings. The highest BCUT2D eigenvalue weighted by Crippen LogP contribution is 2.18. The Labute approximate surface area is 90.3 Å². The van der Waals surface area contributed by atoms with Crippen LogP contribution in [0.15, 0.2) is 0 Å². The number of nitrogens with one attached hydrogen (secondary N) is 1. The van der Waals surface area contributed by atoms with Crippen molar-refractivity contribution in [3.63, 3.8) is 0 Å². The van der Waals surface area contributed by atoms with Crippen LogP contribution in [0.2, 0.25) is 0 Å². The Hall–Kier alpha value is -0.650. The van der Waals surface area contributed by atoms with Crippen molar-refractivity contribution in [1.82, 2.24) is 5.32 Å². The highest BCUT2D eigenvalue weighted by atomic mass is 16.5. The first-order valence-electron chi connectivity index (χ1n) is 5.28. The molecule has 1 aliphatic rings. The second-order valence-corrected chi connectivity index (χ2v) is 3.97. The van der Waals surface area contributed by atoms with Crippen LogP contribution in [0, 0.1) is 5.92 Å². The minimum atomic E-state index is -0.0987. The minimum absolute atomic E-state index is 0.0202. The maximum Gasteiger partial charge on any atom is 0.225 e. The second-order valence-electron chi connectivity index (χ2n) is 3.97. The average Bonchev–Trinajstić information content (AvgIpc) is 2.64. The van der Waals surface area contributed by atoms with E-state index >= 15 is 0 Å². The van der Waals surface area contributed by atoms with Gasteiger partial charge in [0.15, 0.2) is 0 Å². The molecule has 1 rings (SSSR count). The molecule has 1 heterocycles. The van der Waals surface area contributed by atoms with Crippen molar-refractivity contribution >= 4 is 5.91 Å². The zero-order valence-electron chi connectivity index (χ0n) is 9.36. The number of carbonyl (C=O) groups excluding carboxylic acids is 1. The van der Waals surface area contributed by atoms with Crippen LogP contribution in [-0.2, 0) is 14.3 Å². The summed E-state index contributed by atoms with van der Waals surface area (Å²) in [4.78, 5) is 11.7. The summed E-state index contributed by atoms with van der Waals surface area (Å²) in [5, 5.41) is 2.86. The quantitative estimate of drug-likeness (QED) is 0.650. The van der Waals surface area contributed by atoms with Crippen LogP contribution in [0.25, 0.3) is 0 Å². The van der Waals surface area contributed by atoms with E-state index in [1.165, 1.54) is 0 Å². The SMILES string of the molecule is COCC(CN)NC(=O)C1COC(C)C1. The third-order valence-electron chi connectivity index (χ3n) is 2.57. The lowest BCUT2D eigenvalue weighted by Crippen LogP contribution is -2.45. The van der Waals surface area contributed by atoms with Crippen molar-refractivity contribution in [2.45, 2.75) is 25.5 Å². The summed E-state index contributed by atoms with van der Waals surface area (Å²) in [7, 11) is 1.59. The van der Waals surface area contributed by atoms with Crippen LogP contribution < -0.4 is 11.1 Å². The van der Waals surface area contributed by atoms with Crippen LogP contribution in [-0.4, -0.2) is 44.9 Å². The third kappa shape index (κ3) is 3.77. The van der Waals surface area contributed by atoms with Crippen molar-refractivity contribution in [3.8, 4) is 0 Å². The van der Waals surface area contributed by atoms with Crippen LogP contribution >= 0.6 is 0 Å². The topological polar surface area (TPSA) is 73.6 Å². The van der Waals surface area contributed by atoms with Gasteiger partial charge in [-0.2, -0.15) is 0 Å². The molecule has 5 nitrogen and oxygen atoms in total. The van der Waals surface area contributed by atoms with Gasteiger partial charge in [-0.3, -0.25) is 4.79 Å². The molecule has 5 heteroatoms. The number of ether oxygens (including phenoxy) is 2. The molecule has 0 aliphatic carbocycles. The molecule has 1 saturated heterocycles. The van der Waals surface area contributed by atoms with Gasteiger partial charge in [-0.15, -0.1) is 0 Å². The van der Waals surface area contributed by atoms with E-state index < -0.39 is 0 Å². The number of hydrogen-bond donors (Lipinski definition) is 2. The molecule has 15 heavy (non-hydrogen) atoms. The largest absolute Gasteiger partial charge is 0.383 e. The minimum Gasteiger partial charge on any atom is -0.383 e. The van der Waals surface area contributed by atoms with Crippen LogP contribution in [0.4, 0.5) is 0 Å². The summed E-state index contributed by atoms with van der Waals surface area (Å²) in [6.07, 6.45) is 0.968. The maximum atomic E-state index is 11.7. The van der Waals surface area contributed by atoms with Gasteiger partial charge in [0.05, 0.1) is 31.3 Å². The van der Waals surface area contributed by atoms with E-state index in [4.69, 9.17) is 15.2 Å². The van der Waals surface area contributed by atoms with Gasteiger partial charge in [0.25, 0.3) is 0 Å². The van der Waals surface area contributed by atoms with Crippen LogP contribution in [0.3, 0.4) is 0 Å². The Kier molecular flexibility index (Phi) is 5.01. The number of carbonyl (C=O) groups is 1. The Morgan fingerprint density at radius 2 is 2.47 bits per heavy atom. The predicted molar refractivity (Wildman–Crippen MR) is 56.4 cm³/mol. The molecular formula is C10H20N2O3. The van der Waals surface area contributed by atoms with Gasteiger partial charge in [-0.05, 0) is 13.3 Å². The molecule has 3 atom stereocenters. The number of nitrogens with two attached hydrogens (primary N) is 1. The van der Waals surface area contributed by atoms with Crippen LogP contribution in [0.5, 0.6) is 0 Å². The smallest absolute Gasteiger partial charge is 0.225 e. The first kappa shape index (κ1) is 12.4. The van der Waals surface area contributed by atoms with Gasteiger partial charge in [0.1, 0.15) is 0 Å². The molecule has 1 amide bonds. The van der Waals surface area contributed by atoms with Gasteiger partial charge in [0, 0.05) is 13.7 Å². The van der Waals surface area contributed by atoms with Crippen molar-refractivity contribution in [3.05, 3.63) is 0 Å². The molecule has 3 unspecified atom stereocenters. The summed E-state index contributed by atoms with van der Waals surface area (Å²) in [6.45, 7) is 3.33. The summed E-state index contributed by atoms with van der Waals surface area (Å²) >= 11 is 0. The van der Waals surface area contributed by atoms with E-state index in [1.807, 2.05) is 6.92 Å². The molecule has 0 radical (unpaired) electrons. The van der Waals surface area contributed by atoms with E-state index in [-0.39, 0.29) is 24.0 Å². The van der Waals surface area contributed by atoms with Crippen LogP contribution in [0.1, 0.15) is 13.3 Å². The third-order valence-corrected chi connectivity index (χ3v) is 2.57. The molecule has 0 saturated carbocycles. The van der Waals surface area contributed by atoms with Gasteiger partial charge in [0.2, 0.25) is 5.91 Å². The lowest BCUT2D eigenvalue weighted by atomic mass is 10.1. The first-order chi connectivity index (χ1) is 7.17. The van der Waals surface area contributed by atoms with E-state index in [1.54, 1.807) is 7.11 Å². The zero-order chi connectivity index (χ0) is 11.3. The lowest BCUT2D eigenvalue weighted by molar-refractivity contribution is -0.126. The number of amides is 1. The summed E-state index contributed by atoms with van der Waals surface area (Å²) < 4.78 is 10.3. The van der Waals surface area contributed by atoms with Crippen molar-refractivity contribution in [1.29, 1.82) is 0 Å². The van der Waals surface area contributed by atoms with Crippen molar-refractivity contribution in [2.24, 2.45) is 11.7 Å². The van der Waals surface area contributed by atoms with Gasteiger partial charge >= 0.3 is 0 Å². The van der Waals surface area contributed by atoms with Gasteiger partial charge < -0.3 is 20.5 Å². The summed E-state index contributed by atoms with van der Waals surface area (Å²) in [6, 6.07) is -0.0987. The molecule has 0 aromatic rings. The van der Waals surface area contributed by atoms with E-state index in [0.29, 0.717) is 19.8 Å². The molecule has 0 aromatic heterocycles. The predicted octanol–water partition coefficient (Wildman–Crippen LogP) is -0.499. The highest BCUT2D eigenvalue weighted by molar-refractivity contribution is 5.79. The molecule has 1 aliphatic heterocycles. The Morgan fingerprint density at radius 1 is 1.73 bits per heavy atom. The number of methoxy groups -OCH3 is 1. The summed E-state index contributed by atoms with van der Waals surface area (Å²) in [5.74, 6) is -0.0160. The molecule has 3 N–H and O–H groups in total. The zero-order valence-corrected chi connectivity index (χ0v) is 9.36. The van der Waals surface area contributed by atoms with Crippen molar-refractivity contribution < 1.29 is 14.3 Å².